The van der Waals surface area contributed by atoms with E-state index in [-0.39, 0.29) is 17.9 Å². The summed E-state index contributed by atoms with van der Waals surface area (Å²) in [5.74, 6) is -1.18. The normalized spacial score (nSPS) is 18.2. The molecule has 0 unspecified atom stereocenters. The van der Waals surface area contributed by atoms with Crippen molar-refractivity contribution in [2.75, 3.05) is 19.9 Å². The van der Waals surface area contributed by atoms with Gasteiger partial charge in [0.2, 0.25) is 5.82 Å². The number of alkyl halides is 1. The number of hydrogen-bond acceptors (Lipinski definition) is 2. The van der Waals surface area contributed by atoms with Crippen LogP contribution in [0, 0.1) is 17.6 Å². The Hall–Kier alpha value is -3.28. The van der Waals surface area contributed by atoms with Crippen molar-refractivity contribution in [3.8, 4) is 22.6 Å². The van der Waals surface area contributed by atoms with Crippen molar-refractivity contribution in [2.24, 2.45) is 5.92 Å². The lowest BCUT2D eigenvalue weighted by molar-refractivity contribution is 0.200. The fraction of sp³-hybridized carbons (Fsp3) is 0.333. The smallest absolute Gasteiger partial charge is 0.201 e. The molecule has 0 N–H and O–H groups in total. The van der Waals surface area contributed by atoms with E-state index in [0.717, 1.165) is 25.7 Å². The number of halogens is 4. The topological polar surface area (TPSA) is 18.5 Å². The molecule has 0 radical (unpaired) electrons. The van der Waals surface area contributed by atoms with Crippen LogP contribution in [0.4, 0.5) is 17.6 Å². The Morgan fingerprint density at radius 3 is 2.19 bits per heavy atom. The molecule has 4 rings (SSSR count). The molecule has 1 fully saturated rings. The Morgan fingerprint density at radius 2 is 1.56 bits per heavy atom. The Kier molecular flexibility index (Phi) is 8.68. The zero-order valence-corrected chi connectivity index (χ0v) is 20.3. The van der Waals surface area contributed by atoms with Crippen molar-refractivity contribution in [3.05, 3.63) is 89.3 Å². The van der Waals surface area contributed by atoms with Gasteiger partial charge in [-0.15, -0.1) is 0 Å². The first kappa shape index (κ1) is 25.8. The summed E-state index contributed by atoms with van der Waals surface area (Å²) in [6.45, 7) is 1.50. The van der Waals surface area contributed by atoms with Gasteiger partial charge < -0.3 is 9.47 Å². The first-order valence-corrected chi connectivity index (χ1v) is 12.3. The van der Waals surface area contributed by atoms with E-state index in [1.54, 1.807) is 31.2 Å². The van der Waals surface area contributed by atoms with Gasteiger partial charge in [0.1, 0.15) is 18.3 Å². The van der Waals surface area contributed by atoms with Gasteiger partial charge in [-0.25, -0.2) is 13.2 Å². The van der Waals surface area contributed by atoms with E-state index in [9.17, 15) is 17.6 Å². The minimum atomic E-state index is -1.08. The van der Waals surface area contributed by atoms with Gasteiger partial charge in [-0.3, -0.25) is 0 Å². The van der Waals surface area contributed by atoms with Crippen LogP contribution in [-0.4, -0.2) is 19.9 Å². The van der Waals surface area contributed by atoms with E-state index in [1.165, 1.54) is 23.8 Å². The highest BCUT2D eigenvalue weighted by Crippen LogP contribution is 2.36. The molecule has 0 aliphatic heterocycles. The molecule has 190 valence electrons. The van der Waals surface area contributed by atoms with Gasteiger partial charge in [-0.1, -0.05) is 36.4 Å². The fourth-order valence-electron chi connectivity index (χ4n) is 4.71. The summed E-state index contributed by atoms with van der Waals surface area (Å²) >= 11 is 0. The molecule has 1 aliphatic rings. The highest BCUT2D eigenvalue weighted by molar-refractivity contribution is 5.66. The van der Waals surface area contributed by atoms with Crippen molar-refractivity contribution >= 4 is 6.08 Å². The van der Waals surface area contributed by atoms with Crippen LogP contribution in [0.5, 0.6) is 11.5 Å². The van der Waals surface area contributed by atoms with E-state index in [0.29, 0.717) is 35.3 Å². The second-order valence-corrected chi connectivity index (χ2v) is 9.12. The maximum atomic E-state index is 14.5. The third kappa shape index (κ3) is 6.28. The number of benzene rings is 3. The largest absolute Gasteiger partial charge is 0.493 e. The minimum Gasteiger partial charge on any atom is -0.493 e. The van der Waals surface area contributed by atoms with Gasteiger partial charge in [0.05, 0.1) is 13.2 Å². The molecule has 0 aromatic heterocycles. The number of ether oxygens (including phenoxy) is 2. The van der Waals surface area contributed by atoms with E-state index in [4.69, 9.17) is 9.47 Å². The van der Waals surface area contributed by atoms with E-state index in [1.807, 2.05) is 24.3 Å². The molecule has 3 aromatic rings. The van der Waals surface area contributed by atoms with Crippen LogP contribution < -0.4 is 9.47 Å². The third-order valence-corrected chi connectivity index (χ3v) is 6.70. The average Bonchev–Trinajstić information content (AvgIpc) is 2.91. The van der Waals surface area contributed by atoms with Crippen LogP contribution in [0.15, 0.2) is 66.5 Å². The van der Waals surface area contributed by atoms with Gasteiger partial charge in [0, 0.05) is 5.56 Å². The lowest BCUT2D eigenvalue weighted by atomic mass is 9.79. The molecule has 2 nitrogen and oxygen atoms in total. The summed E-state index contributed by atoms with van der Waals surface area (Å²) in [5.41, 5.74) is 2.63. The molecular weight excluding hydrogens is 468 g/mol. The van der Waals surface area contributed by atoms with Crippen molar-refractivity contribution in [3.63, 3.8) is 0 Å². The maximum absolute atomic E-state index is 14.5. The zero-order valence-electron chi connectivity index (χ0n) is 20.3. The summed E-state index contributed by atoms with van der Waals surface area (Å²) in [6.07, 6.45) is 5.39. The molecule has 0 atom stereocenters. The third-order valence-electron chi connectivity index (χ3n) is 6.70. The van der Waals surface area contributed by atoms with Crippen molar-refractivity contribution in [1.29, 1.82) is 0 Å². The number of allylic oxidation sites excluding steroid dienone is 1. The lowest BCUT2D eigenvalue weighted by Crippen LogP contribution is -2.19. The molecule has 0 amide bonds. The second kappa shape index (κ2) is 12.1. The van der Waals surface area contributed by atoms with Crippen LogP contribution >= 0.6 is 0 Å². The van der Waals surface area contributed by atoms with Crippen LogP contribution in [0.1, 0.15) is 49.7 Å². The van der Waals surface area contributed by atoms with Crippen molar-refractivity contribution in [1.82, 2.24) is 0 Å². The summed E-state index contributed by atoms with van der Waals surface area (Å²) in [7, 11) is 0. The summed E-state index contributed by atoms with van der Waals surface area (Å²) in [6, 6.07) is 17.6. The predicted molar refractivity (Wildman–Crippen MR) is 135 cm³/mol. The summed E-state index contributed by atoms with van der Waals surface area (Å²) < 4.78 is 65.2. The highest BCUT2D eigenvalue weighted by Gasteiger charge is 2.23. The Bertz CT molecular complexity index is 1160. The SMILES string of the molecule is CCOc1ccc(-c2ccc(OCC3CCC(c4ccc(/C=C(\F)CF)cc4)CC3)cc2)c(F)c1F. The van der Waals surface area contributed by atoms with Gasteiger partial charge >= 0.3 is 0 Å². The van der Waals surface area contributed by atoms with Crippen LogP contribution in [-0.2, 0) is 0 Å². The van der Waals surface area contributed by atoms with Gasteiger partial charge in [0.25, 0.3) is 0 Å². The Morgan fingerprint density at radius 1 is 0.861 bits per heavy atom. The van der Waals surface area contributed by atoms with Crippen LogP contribution in [0.25, 0.3) is 17.2 Å². The van der Waals surface area contributed by atoms with Gasteiger partial charge in [0.15, 0.2) is 11.6 Å². The van der Waals surface area contributed by atoms with E-state index in [2.05, 4.69) is 0 Å². The molecule has 1 aliphatic carbocycles. The highest BCUT2D eigenvalue weighted by atomic mass is 19.2. The molecule has 3 aromatic carbocycles. The Labute approximate surface area is 209 Å². The van der Waals surface area contributed by atoms with Gasteiger partial charge in [-0.05, 0) is 91.5 Å². The lowest BCUT2D eigenvalue weighted by Gasteiger charge is -2.28. The molecule has 0 spiro atoms. The Balaban J connectivity index is 1.28. The second-order valence-electron chi connectivity index (χ2n) is 9.12. The number of hydrogen-bond donors (Lipinski definition) is 0. The molecular formula is C30H30F4O2. The average molecular weight is 499 g/mol. The van der Waals surface area contributed by atoms with Crippen molar-refractivity contribution < 1.29 is 27.0 Å². The molecule has 1 saturated carbocycles. The number of rotatable bonds is 9. The van der Waals surface area contributed by atoms with Gasteiger partial charge in [-0.2, -0.15) is 4.39 Å². The predicted octanol–water partition coefficient (Wildman–Crippen LogP) is 8.66. The summed E-state index contributed by atoms with van der Waals surface area (Å²) in [4.78, 5) is 0. The quantitative estimate of drug-likeness (QED) is 0.275. The maximum Gasteiger partial charge on any atom is 0.201 e. The monoisotopic (exact) mass is 498 g/mol. The fourth-order valence-corrected chi connectivity index (χ4v) is 4.71. The molecule has 6 heteroatoms. The standard InChI is InChI=1S/C30H30F4O2/c1-2-35-28-16-15-27(29(33)30(28)34)24-11-13-26(14-12-24)36-19-21-5-9-23(10-6-21)22-7-3-20(4-8-22)17-25(32)18-31/h3-4,7-8,11-17,21,23H,2,5-6,9-10,18-19H2,1H3/b25-17-. The first-order chi connectivity index (χ1) is 17.5. The van der Waals surface area contributed by atoms with Crippen LogP contribution in [0.2, 0.25) is 0 Å². The molecule has 0 heterocycles. The van der Waals surface area contributed by atoms with Crippen LogP contribution in [0.3, 0.4) is 0 Å². The zero-order chi connectivity index (χ0) is 25.5. The van der Waals surface area contributed by atoms with E-state index >= 15 is 0 Å². The molecule has 0 saturated heterocycles. The van der Waals surface area contributed by atoms with E-state index < -0.39 is 24.1 Å². The first-order valence-electron chi connectivity index (χ1n) is 12.3. The molecule has 36 heavy (non-hydrogen) atoms. The minimum absolute atomic E-state index is 0.0911. The van der Waals surface area contributed by atoms with Crippen molar-refractivity contribution in [2.45, 2.75) is 38.5 Å². The summed E-state index contributed by atoms with van der Waals surface area (Å²) in [5, 5.41) is 0. The molecule has 0 bridgehead atoms.